The predicted octanol–water partition coefficient (Wildman–Crippen LogP) is 3.32. The van der Waals surface area contributed by atoms with Gasteiger partial charge in [-0.25, -0.2) is 8.78 Å². The fourth-order valence-corrected chi connectivity index (χ4v) is 1.29. The molecule has 0 bridgehead atoms. The van der Waals surface area contributed by atoms with Crippen LogP contribution in [0.15, 0.2) is 24.3 Å². The summed E-state index contributed by atoms with van der Waals surface area (Å²) in [6.07, 6.45) is -3.69. The molecular formula is C12H15F4NO. The molecule has 6 heteroatoms. The number of hydrogen-bond acceptors (Lipinski definition) is 2. The Morgan fingerprint density at radius 1 is 1.33 bits per heavy atom. The molecule has 0 aliphatic carbocycles. The molecule has 1 rings (SSSR count). The van der Waals surface area contributed by atoms with E-state index in [1.807, 2.05) is 31.2 Å². The molecule has 0 spiro atoms. The monoisotopic (exact) mass is 265 g/mol. The van der Waals surface area contributed by atoms with Gasteiger partial charge in [0.25, 0.3) is 0 Å². The largest absolute Gasteiger partial charge is 0.383 e. The highest BCUT2D eigenvalue weighted by molar-refractivity contribution is 5.45. The van der Waals surface area contributed by atoms with Crippen LogP contribution in [-0.2, 0) is 4.74 Å². The van der Waals surface area contributed by atoms with Crippen molar-refractivity contribution >= 4 is 5.69 Å². The summed E-state index contributed by atoms with van der Waals surface area (Å²) in [5.41, 5.74) is 1.89. The smallest absolute Gasteiger partial charge is 0.330 e. The van der Waals surface area contributed by atoms with Gasteiger partial charge >= 0.3 is 12.3 Å². The van der Waals surface area contributed by atoms with Crippen LogP contribution < -0.4 is 5.32 Å². The number of nitrogens with one attached hydrogen (secondary N) is 1. The van der Waals surface area contributed by atoms with Crippen LogP contribution >= 0.6 is 0 Å². The minimum absolute atomic E-state index is 0.0593. The third-order valence-corrected chi connectivity index (χ3v) is 2.21. The molecule has 0 saturated carbocycles. The maximum absolute atomic E-state index is 12.5. The second kappa shape index (κ2) is 6.58. The van der Waals surface area contributed by atoms with Gasteiger partial charge in [0, 0.05) is 12.2 Å². The van der Waals surface area contributed by atoms with E-state index in [0.29, 0.717) is 0 Å². The standard InChI is InChI=1S/C12H15F4NO/c1-9-3-2-4-10(7-9)17-5-6-18-8-12(15,16)11(13)14/h2-4,7,11,17H,5-6,8H2,1H3. The SMILES string of the molecule is Cc1cccc(NCCOCC(F)(F)C(F)F)c1. The molecule has 1 aromatic carbocycles. The number of aryl methyl sites for hydroxylation is 1. The highest BCUT2D eigenvalue weighted by Gasteiger charge is 2.40. The Bertz CT molecular complexity index is 371. The topological polar surface area (TPSA) is 21.3 Å². The molecule has 0 aliphatic heterocycles. The van der Waals surface area contributed by atoms with E-state index in [9.17, 15) is 17.6 Å². The second-order valence-electron chi connectivity index (χ2n) is 3.91. The average Bonchev–Trinajstić information content (AvgIpc) is 2.28. The van der Waals surface area contributed by atoms with Gasteiger partial charge in [0.2, 0.25) is 0 Å². The van der Waals surface area contributed by atoms with E-state index in [4.69, 9.17) is 0 Å². The highest BCUT2D eigenvalue weighted by Crippen LogP contribution is 2.22. The van der Waals surface area contributed by atoms with Crippen molar-refractivity contribution in [2.24, 2.45) is 0 Å². The van der Waals surface area contributed by atoms with E-state index in [1.165, 1.54) is 0 Å². The summed E-state index contributed by atoms with van der Waals surface area (Å²) in [5, 5.41) is 2.94. The first kappa shape index (κ1) is 14.8. The van der Waals surface area contributed by atoms with E-state index in [1.54, 1.807) is 0 Å². The minimum Gasteiger partial charge on any atom is -0.383 e. The Labute approximate surface area is 103 Å². The zero-order valence-electron chi connectivity index (χ0n) is 9.93. The number of ether oxygens (including phenoxy) is 1. The molecule has 0 unspecified atom stereocenters. The van der Waals surface area contributed by atoms with E-state index in [-0.39, 0.29) is 13.2 Å². The average molecular weight is 265 g/mol. The number of alkyl halides is 4. The summed E-state index contributed by atoms with van der Waals surface area (Å²) in [4.78, 5) is 0. The van der Waals surface area contributed by atoms with Crippen LogP contribution in [0, 0.1) is 6.92 Å². The van der Waals surface area contributed by atoms with Crippen LogP contribution in [0.2, 0.25) is 0 Å². The van der Waals surface area contributed by atoms with E-state index < -0.39 is 19.0 Å². The normalized spacial score (nSPS) is 11.9. The molecular weight excluding hydrogens is 250 g/mol. The third kappa shape index (κ3) is 4.91. The summed E-state index contributed by atoms with van der Waals surface area (Å²) >= 11 is 0. The quantitative estimate of drug-likeness (QED) is 0.603. The van der Waals surface area contributed by atoms with Gasteiger partial charge in [-0.3, -0.25) is 0 Å². The summed E-state index contributed by atoms with van der Waals surface area (Å²) < 4.78 is 53.0. The number of rotatable bonds is 7. The van der Waals surface area contributed by atoms with Gasteiger partial charge in [-0.1, -0.05) is 12.1 Å². The number of anilines is 1. The Morgan fingerprint density at radius 3 is 2.67 bits per heavy atom. The molecule has 0 amide bonds. The van der Waals surface area contributed by atoms with E-state index in [0.717, 1.165) is 11.3 Å². The number of halogens is 4. The summed E-state index contributed by atoms with van der Waals surface area (Å²) in [6.45, 7) is 0.879. The molecule has 0 atom stereocenters. The molecule has 2 nitrogen and oxygen atoms in total. The van der Waals surface area contributed by atoms with Crippen LogP contribution in [-0.4, -0.2) is 32.1 Å². The van der Waals surface area contributed by atoms with Gasteiger partial charge in [0.05, 0.1) is 6.61 Å². The van der Waals surface area contributed by atoms with Gasteiger partial charge in [-0.15, -0.1) is 0 Å². The molecule has 1 aromatic rings. The first-order valence-corrected chi connectivity index (χ1v) is 5.46. The molecule has 18 heavy (non-hydrogen) atoms. The zero-order chi connectivity index (χ0) is 13.6. The summed E-state index contributed by atoms with van der Waals surface area (Å²) in [6, 6.07) is 7.48. The molecule has 1 N–H and O–H groups in total. The molecule has 0 saturated heterocycles. The van der Waals surface area contributed by atoms with Gasteiger partial charge < -0.3 is 10.1 Å². The fourth-order valence-electron chi connectivity index (χ4n) is 1.29. The first-order valence-electron chi connectivity index (χ1n) is 5.46. The van der Waals surface area contributed by atoms with E-state index >= 15 is 0 Å². The fraction of sp³-hybridized carbons (Fsp3) is 0.500. The first-order chi connectivity index (χ1) is 8.42. The van der Waals surface area contributed by atoms with Crippen molar-refractivity contribution in [2.75, 3.05) is 25.1 Å². The lowest BCUT2D eigenvalue weighted by molar-refractivity contribution is -0.164. The van der Waals surface area contributed by atoms with Crippen molar-refractivity contribution in [2.45, 2.75) is 19.3 Å². The third-order valence-electron chi connectivity index (χ3n) is 2.21. The van der Waals surface area contributed by atoms with Gasteiger partial charge in [0.1, 0.15) is 6.61 Å². The van der Waals surface area contributed by atoms with Crippen molar-refractivity contribution in [1.29, 1.82) is 0 Å². The molecule has 0 aliphatic rings. The Kier molecular flexibility index (Phi) is 5.40. The Morgan fingerprint density at radius 2 is 2.06 bits per heavy atom. The molecule has 0 radical (unpaired) electrons. The Hall–Kier alpha value is -1.30. The maximum Gasteiger partial charge on any atom is 0.330 e. The van der Waals surface area contributed by atoms with Crippen LogP contribution in [0.1, 0.15) is 5.56 Å². The lowest BCUT2D eigenvalue weighted by atomic mass is 10.2. The van der Waals surface area contributed by atoms with Crippen molar-refractivity contribution < 1.29 is 22.3 Å². The zero-order valence-corrected chi connectivity index (χ0v) is 9.93. The maximum atomic E-state index is 12.5. The van der Waals surface area contributed by atoms with Gasteiger partial charge in [0.15, 0.2) is 0 Å². The highest BCUT2D eigenvalue weighted by atomic mass is 19.3. The van der Waals surface area contributed by atoms with Gasteiger partial charge in [-0.2, -0.15) is 8.78 Å². The molecule has 0 aromatic heterocycles. The van der Waals surface area contributed by atoms with Crippen molar-refractivity contribution in [3.05, 3.63) is 29.8 Å². The minimum atomic E-state index is -4.08. The van der Waals surface area contributed by atoms with Crippen LogP contribution in [0.3, 0.4) is 0 Å². The number of benzene rings is 1. The van der Waals surface area contributed by atoms with Crippen molar-refractivity contribution in [3.63, 3.8) is 0 Å². The molecule has 102 valence electrons. The van der Waals surface area contributed by atoms with Crippen LogP contribution in [0.25, 0.3) is 0 Å². The number of hydrogen-bond donors (Lipinski definition) is 1. The predicted molar refractivity (Wildman–Crippen MR) is 61.4 cm³/mol. The lowest BCUT2D eigenvalue weighted by Gasteiger charge is -2.15. The molecule has 0 fully saturated rings. The lowest BCUT2D eigenvalue weighted by Crippen LogP contribution is -2.33. The van der Waals surface area contributed by atoms with Crippen LogP contribution in [0.5, 0.6) is 0 Å². The molecule has 0 heterocycles. The Balaban J connectivity index is 2.20. The van der Waals surface area contributed by atoms with Crippen LogP contribution in [0.4, 0.5) is 23.2 Å². The van der Waals surface area contributed by atoms with Gasteiger partial charge in [-0.05, 0) is 24.6 Å². The van der Waals surface area contributed by atoms with Crippen molar-refractivity contribution in [1.82, 2.24) is 0 Å². The van der Waals surface area contributed by atoms with E-state index in [2.05, 4.69) is 10.1 Å². The summed E-state index contributed by atoms with van der Waals surface area (Å²) in [7, 11) is 0. The van der Waals surface area contributed by atoms with Crippen molar-refractivity contribution in [3.8, 4) is 0 Å². The second-order valence-corrected chi connectivity index (χ2v) is 3.91. The summed E-state index contributed by atoms with van der Waals surface area (Å²) in [5.74, 6) is -4.08.